The fourth-order valence-corrected chi connectivity index (χ4v) is 8.69. The summed E-state index contributed by atoms with van der Waals surface area (Å²) in [5.74, 6) is -1.02. The van der Waals surface area contributed by atoms with Crippen molar-refractivity contribution >= 4 is 38.7 Å². The minimum atomic E-state index is -4.28. The number of amides is 2. The predicted molar refractivity (Wildman–Crippen MR) is 175 cm³/mol. The molecule has 0 spiro atoms. The lowest BCUT2D eigenvalue weighted by Gasteiger charge is -2.30. The molecule has 260 valence electrons. The number of hydrogen-bond donors (Lipinski definition) is 2. The molecule has 1 aromatic heterocycles. The van der Waals surface area contributed by atoms with E-state index in [9.17, 15) is 27.2 Å². The van der Waals surface area contributed by atoms with E-state index in [1.54, 1.807) is 25.3 Å². The summed E-state index contributed by atoms with van der Waals surface area (Å²) < 4.78 is 51.8. The van der Waals surface area contributed by atoms with Crippen molar-refractivity contribution in [3.05, 3.63) is 36.5 Å². The molecule has 3 fully saturated rings. The molecule has 2 amide bonds. The Morgan fingerprint density at radius 1 is 1.19 bits per heavy atom. The topological polar surface area (TPSA) is 171 Å². The highest BCUT2D eigenvalue weighted by atomic mass is 32.2. The van der Waals surface area contributed by atoms with Crippen LogP contribution in [0.25, 0.3) is 11.0 Å². The van der Waals surface area contributed by atoms with Gasteiger partial charge in [0.05, 0.1) is 48.4 Å². The van der Waals surface area contributed by atoms with E-state index in [2.05, 4.69) is 21.6 Å². The molecule has 2 aliphatic carbocycles. The number of alkyl halides is 1. The van der Waals surface area contributed by atoms with Gasteiger partial charge in [0, 0.05) is 18.9 Å². The van der Waals surface area contributed by atoms with Crippen LogP contribution in [0, 0.1) is 23.2 Å². The van der Waals surface area contributed by atoms with Gasteiger partial charge in [-0.25, -0.2) is 22.8 Å². The molecule has 1 aromatic carbocycles. The number of ether oxygens (including phenoxy) is 2. The Morgan fingerprint density at radius 2 is 1.96 bits per heavy atom. The maximum atomic E-state index is 14.2. The van der Waals surface area contributed by atoms with Gasteiger partial charge in [0.25, 0.3) is 0 Å². The average Bonchev–Trinajstić information content (AvgIpc) is 3.96. The second-order valence-electron chi connectivity index (χ2n) is 14.3. The van der Waals surface area contributed by atoms with Gasteiger partial charge >= 0.3 is 0 Å². The molecule has 0 unspecified atom stereocenters. The van der Waals surface area contributed by atoms with Crippen molar-refractivity contribution in [1.29, 1.82) is 0 Å². The second kappa shape index (κ2) is 13.0. The Labute approximate surface area is 280 Å². The van der Waals surface area contributed by atoms with Crippen molar-refractivity contribution in [2.75, 3.05) is 20.3 Å². The Balaban J connectivity index is 1.28. The molecule has 4 aliphatic rings. The lowest BCUT2D eigenvalue weighted by Crippen LogP contribution is -2.52. The fraction of sp³-hybridized carbons (Fsp3) is 0.618. The zero-order valence-corrected chi connectivity index (χ0v) is 28.4. The lowest BCUT2D eigenvalue weighted by molar-refractivity contribution is -0.140. The monoisotopic (exact) mass is 685 g/mol. The molecule has 48 heavy (non-hydrogen) atoms. The van der Waals surface area contributed by atoms with Gasteiger partial charge in [-0.05, 0) is 68.4 Å². The molecule has 6 rings (SSSR count). The van der Waals surface area contributed by atoms with Gasteiger partial charge in [0.15, 0.2) is 5.78 Å². The summed E-state index contributed by atoms with van der Waals surface area (Å²) in [4.78, 5) is 52.3. The first-order valence-corrected chi connectivity index (χ1v) is 18.2. The number of rotatable bonds is 7. The number of nitrogens with zero attached hydrogens (tertiary/aromatic N) is 3. The van der Waals surface area contributed by atoms with E-state index in [1.165, 1.54) is 11.1 Å². The van der Waals surface area contributed by atoms with E-state index in [1.807, 2.05) is 19.1 Å². The molecule has 2 aromatic rings. The van der Waals surface area contributed by atoms with Crippen molar-refractivity contribution < 1.29 is 36.7 Å². The maximum absolute atomic E-state index is 14.2. The van der Waals surface area contributed by atoms with Crippen LogP contribution in [0.5, 0.6) is 11.6 Å². The standard InChI is InChI=1S/C34H44FN5O7S/c1-20-6-4-5-7-22-15-34(22,32(43)39-48(44,45)33(19-35)10-11-33)16-28(41)27-14-24(18-40(27)31(42)30(36)21(2)12-20)47-29-17-37-25-9-8-23(46-3)13-26(25)38-29/h5,7-9,13,17,20-22,24,27,30H,4,6,10-12,14-16,18-19,36H2,1-3H3,(H,39,43)/b7-5-/t20-,21-,22-,24-,27+,30+,34-/m1/s1. The number of carbonyl (C=O) groups is 3. The number of benzene rings is 1. The highest BCUT2D eigenvalue weighted by Crippen LogP contribution is 2.57. The summed E-state index contributed by atoms with van der Waals surface area (Å²) in [6.07, 6.45) is 7.36. The number of aromatic nitrogens is 2. The first kappa shape index (κ1) is 34.2. The molecular formula is C34H44FN5O7S. The summed E-state index contributed by atoms with van der Waals surface area (Å²) in [5, 5.41) is 0. The summed E-state index contributed by atoms with van der Waals surface area (Å²) in [5.41, 5.74) is 6.40. The number of hydrogen-bond acceptors (Lipinski definition) is 10. The average molecular weight is 686 g/mol. The van der Waals surface area contributed by atoms with Gasteiger partial charge < -0.3 is 20.1 Å². The van der Waals surface area contributed by atoms with Gasteiger partial charge in [-0.1, -0.05) is 26.0 Å². The number of nitrogens with two attached hydrogens (primary N) is 1. The minimum absolute atomic E-state index is 0.0684. The van der Waals surface area contributed by atoms with Crippen LogP contribution in [0.4, 0.5) is 4.39 Å². The van der Waals surface area contributed by atoms with Crippen LogP contribution < -0.4 is 19.9 Å². The van der Waals surface area contributed by atoms with Crippen molar-refractivity contribution in [1.82, 2.24) is 19.6 Å². The molecule has 1 saturated heterocycles. The van der Waals surface area contributed by atoms with Gasteiger partial charge in [0.1, 0.15) is 23.3 Å². The molecule has 3 N–H and O–H groups in total. The largest absolute Gasteiger partial charge is 0.497 e. The minimum Gasteiger partial charge on any atom is -0.497 e. The van der Waals surface area contributed by atoms with Gasteiger partial charge in [0.2, 0.25) is 27.7 Å². The number of ketones is 1. The van der Waals surface area contributed by atoms with E-state index >= 15 is 0 Å². The smallest absolute Gasteiger partial charge is 0.243 e. The van der Waals surface area contributed by atoms with Crippen molar-refractivity contribution in [2.45, 2.75) is 88.1 Å². The lowest BCUT2D eigenvalue weighted by atomic mass is 9.88. The number of methoxy groups -OCH3 is 1. The van der Waals surface area contributed by atoms with E-state index < -0.39 is 51.0 Å². The first-order valence-electron chi connectivity index (χ1n) is 16.7. The zero-order valence-electron chi connectivity index (χ0n) is 27.6. The number of allylic oxidation sites excluding steroid dienone is 2. The molecule has 3 heterocycles. The Morgan fingerprint density at radius 3 is 2.67 bits per heavy atom. The van der Waals surface area contributed by atoms with Crippen molar-refractivity contribution in [3.8, 4) is 11.6 Å². The zero-order chi connectivity index (χ0) is 34.4. The van der Waals surface area contributed by atoms with Crippen LogP contribution in [0.1, 0.15) is 65.2 Å². The third kappa shape index (κ3) is 6.52. The molecule has 2 aliphatic heterocycles. The molecular weight excluding hydrogens is 641 g/mol. The van der Waals surface area contributed by atoms with Crippen molar-refractivity contribution in [3.63, 3.8) is 0 Å². The molecule has 12 nitrogen and oxygen atoms in total. The third-order valence-corrected chi connectivity index (χ3v) is 12.8. The number of Topliss-reactive ketones (excluding diaryl/α,β-unsaturated/α-hetero) is 1. The Hall–Kier alpha value is -3.65. The third-order valence-electron chi connectivity index (χ3n) is 10.7. The first-order chi connectivity index (χ1) is 22.8. The van der Waals surface area contributed by atoms with E-state index in [-0.39, 0.29) is 74.0 Å². The maximum Gasteiger partial charge on any atom is 0.243 e. The fourth-order valence-electron chi connectivity index (χ4n) is 7.24. The predicted octanol–water partition coefficient (Wildman–Crippen LogP) is 3.24. The Kier molecular flexibility index (Phi) is 9.26. The molecule has 0 bridgehead atoms. The number of nitrogens with one attached hydrogen (secondary N) is 1. The van der Waals surface area contributed by atoms with Crippen LogP contribution in [0.2, 0.25) is 0 Å². The summed E-state index contributed by atoms with van der Waals surface area (Å²) in [6.45, 7) is 3.02. The van der Waals surface area contributed by atoms with Gasteiger partial charge in [-0.3, -0.25) is 19.1 Å². The molecule has 0 radical (unpaired) electrons. The van der Waals surface area contributed by atoms with Crippen LogP contribution >= 0.6 is 0 Å². The SMILES string of the molecule is COc1ccc2ncc(O[C@@H]3C[C@H]4C(=O)C[C@]5(C(=O)NS(=O)(=O)C6(CF)CC6)C[C@H]5/C=C\CC[C@@H](C)C[C@@H](C)[C@H](N)C(=O)N4C3)nc2c1. The highest BCUT2D eigenvalue weighted by Gasteiger charge is 2.63. The summed E-state index contributed by atoms with van der Waals surface area (Å²) >= 11 is 0. The van der Waals surface area contributed by atoms with Crippen LogP contribution in [-0.4, -0.2) is 84.1 Å². The van der Waals surface area contributed by atoms with Gasteiger partial charge in [-0.15, -0.1) is 0 Å². The molecule has 2 saturated carbocycles. The highest BCUT2D eigenvalue weighted by molar-refractivity contribution is 7.91. The van der Waals surface area contributed by atoms with Crippen LogP contribution in [0.15, 0.2) is 36.5 Å². The normalized spacial score (nSPS) is 32.7. The second-order valence-corrected chi connectivity index (χ2v) is 16.3. The number of halogens is 1. The number of fused-ring (bicyclic) bond motifs is 3. The number of carbonyl (C=O) groups excluding carboxylic acids is 3. The quantitative estimate of drug-likeness (QED) is 0.413. The van der Waals surface area contributed by atoms with Crippen LogP contribution in [-0.2, 0) is 24.4 Å². The van der Waals surface area contributed by atoms with Crippen molar-refractivity contribution in [2.24, 2.45) is 28.9 Å². The van der Waals surface area contributed by atoms with Crippen LogP contribution in [0.3, 0.4) is 0 Å². The molecule has 14 heteroatoms. The number of sulfonamides is 1. The molecule has 7 atom stereocenters. The van der Waals surface area contributed by atoms with E-state index in [4.69, 9.17) is 15.2 Å². The summed E-state index contributed by atoms with van der Waals surface area (Å²) in [7, 11) is -2.73. The Bertz CT molecular complexity index is 1730. The van der Waals surface area contributed by atoms with Gasteiger partial charge in [-0.2, -0.15) is 0 Å². The summed E-state index contributed by atoms with van der Waals surface area (Å²) in [6, 6.07) is 3.46. The van der Waals surface area contributed by atoms with E-state index in [0.717, 1.165) is 12.8 Å². The van der Waals surface area contributed by atoms with E-state index in [0.29, 0.717) is 23.2 Å².